The number of halogens is 1. The van der Waals surface area contributed by atoms with Gasteiger partial charge in [-0.3, -0.25) is 9.59 Å². The molecule has 6 heteroatoms. The molecular formula is C20H18BrN3O2. The molecule has 2 amide bonds. The van der Waals surface area contributed by atoms with Gasteiger partial charge in [-0.25, -0.2) is 5.43 Å². The maximum absolute atomic E-state index is 12.5. The summed E-state index contributed by atoms with van der Waals surface area (Å²) in [5.41, 5.74) is 4.44. The Balaban J connectivity index is 1.65. The Bertz CT molecular complexity index is 835. The predicted octanol–water partition coefficient (Wildman–Crippen LogP) is 3.05. The summed E-state index contributed by atoms with van der Waals surface area (Å²) >= 11 is 3.39. The largest absolute Gasteiger partial charge is 0.355 e. The van der Waals surface area contributed by atoms with E-state index in [0.29, 0.717) is 11.0 Å². The van der Waals surface area contributed by atoms with Crippen molar-refractivity contribution in [1.82, 2.24) is 10.7 Å². The summed E-state index contributed by atoms with van der Waals surface area (Å²) in [5.74, 6) is -1.66. The monoisotopic (exact) mass is 411 g/mol. The highest BCUT2D eigenvalue weighted by molar-refractivity contribution is 9.12. The molecule has 3 rings (SSSR count). The lowest BCUT2D eigenvalue weighted by molar-refractivity contribution is -0.133. The molecule has 2 unspecified atom stereocenters. The molecule has 0 bridgehead atoms. The van der Waals surface area contributed by atoms with Gasteiger partial charge in [-0.1, -0.05) is 60.7 Å². The van der Waals surface area contributed by atoms with Crippen molar-refractivity contribution in [1.29, 1.82) is 0 Å². The van der Waals surface area contributed by atoms with Crippen molar-refractivity contribution >= 4 is 40.0 Å². The van der Waals surface area contributed by atoms with Crippen LogP contribution in [0.5, 0.6) is 0 Å². The van der Waals surface area contributed by atoms with Gasteiger partial charge in [0.1, 0.15) is 5.92 Å². The van der Waals surface area contributed by atoms with Crippen LogP contribution in [0, 0.1) is 5.92 Å². The fourth-order valence-corrected chi connectivity index (χ4v) is 3.27. The molecule has 2 aromatic rings. The summed E-state index contributed by atoms with van der Waals surface area (Å²) in [7, 11) is 0. The van der Waals surface area contributed by atoms with Gasteiger partial charge < -0.3 is 5.32 Å². The Morgan fingerprint density at radius 1 is 1.12 bits per heavy atom. The average molecular weight is 412 g/mol. The molecule has 132 valence electrons. The van der Waals surface area contributed by atoms with Crippen molar-refractivity contribution in [2.45, 2.75) is 5.92 Å². The fourth-order valence-electron chi connectivity index (χ4n) is 2.91. The second-order valence-corrected chi connectivity index (χ2v) is 6.83. The van der Waals surface area contributed by atoms with Crippen molar-refractivity contribution < 1.29 is 9.59 Å². The van der Waals surface area contributed by atoms with Gasteiger partial charge in [-0.2, -0.15) is 5.10 Å². The number of hydrazone groups is 1. The van der Waals surface area contributed by atoms with Crippen LogP contribution in [0.1, 0.15) is 17.0 Å². The highest BCUT2D eigenvalue weighted by Gasteiger charge is 2.40. The smallest absolute Gasteiger partial charge is 0.253 e. The number of nitrogens with one attached hydrogen (secondary N) is 2. The van der Waals surface area contributed by atoms with Crippen molar-refractivity contribution in [3.05, 3.63) is 76.3 Å². The highest BCUT2D eigenvalue weighted by atomic mass is 79.9. The third-order valence-electron chi connectivity index (χ3n) is 4.16. The molecule has 1 fully saturated rings. The lowest BCUT2D eigenvalue weighted by atomic mass is 9.88. The number of nitrogens with zero attached hydrogens (tertiary/aromatic N) is 1. The number of amides is 2. The fraction of sp³-hybridized carbons (Fsp3) is 0.150. The summed E-state index contributed by atoms with van der Waals surface area (Å²) in [6.07, 6.45) is 3.37. The minimum absolute atomic E-state index is 0.192. The van der Waals surface area contributed by atoms with E-state index in [1.165, 1.54) is 6.21 Å². The van der Waals surface area contributed by atoms with Gasteiger partial charge in [0.05, 0.1) is 6.21 Å². The van der Waals surface area contributed by atoms with E-state index >= 15 is 0 Å². The summed E-state index contributed by atoms with van der Waals surface area (Å²) in [4.78, 5) is 24.6. The van der Waals surface area contributed by atoms with E-state index in [4.69, 9.17) is 0 Å². The minimum atomic E-state index is -0.786. The van der Waals surface area contributed by atoms with Gasteiger partial charge >= 0.3 is 0 Å². The van der Waals surface area contributed by atoms with Gasteiger partial charge in [-0.15, -0.1) is 0 Å². The number of rotatable bonds is 5. The maximum atomic E-state index is 12.5. The Morgan fingerprint density at radius 3 is 2.46 bits per heavy atom. The van der Waals surface area contributed by atoms with E-state index < -0.39 is 11.8 Å². The van der Waals surface area contributed by atoms with E-state index in [1.54, 1.807) is 0 Å². The summed E-state index contributed by atoms with van der Waals surface area (Å²) in [5, 5.41) is 6.71. The van der Waals surface area contributed by atoms with Crippen LogP contribution in [0.4, 0.5) is 0 Å². The highest BCUT2D eigenvalue weighted by Crippen LogP contribution is 2.28. The van der Waals surface area contributed by atoms with E-state index in [-0.39, 0.29) is 11.8 Å². The summed E-state index contributed by atoms with van der Waals surface area (Å²) in [6, 6.07) is 19.3. The van der Waals surface area contributed by atoms with Gasteiger partial charge in [0, 0.05) is 16.9 Å². The Labute approximate surface area is 160 Å². The number of hydrogen-bond donors (Lipinski definition) is 2. The van der Waals surface area contributed by atoms with Crippen molar-refractivity contribution in [3.8, 4) is 0 Å². The first-order valence-corrected chi connectivity index (χ1v) is 9.02. The van der Waals surface area contributed by atoms with Gasteiger partial charge in [-0.05, 0) is 33.1 Å². The van der Waals surface area contributed by atoms with Gasteiger partial charge in [0.25, 0.3) is 5.91 Å². The molecule has 0 radical (unpaired) electrons. The first-order chi connectivity index (χ1) is 12.6. The van der Waals surface area contributed by atoms with Crippen molar-refractivity contribution in [2.24, 2.45) is 11.0 Å². The molecule has 0 saturated carbocycles. The minimum Gasteiger partial charge on any atom is -0.355 e. The zero-order chi connectivity index (χ0) is 18.4. The van der Waals surface area contributed by atoms with Crippen molar-refractivity contribution in [3.63, 3.8) is 0 Å². The third-order valence-corrected chi connectivity index (χ3v) is 4.59. The topological polar surface area (TPSA) is 70.6 Å². The molecule has 2 atom stereocenters. The van der Waals surface area contributed by atoms with Crippen LogP contribution in [0.25, 0.3) is 6.08 Å². The lowest BCUT2D eigenvalue weighted by Gasteiger charge is -2.15. The molecule has 26 heavy (non-hydrogen) atoms. The normalized spacial score (nSPS) is 20.2. The second kappa shape index (κ2) is 8.58. The molecule has 1 heterocycles. The SMILES string of the molecule is O=C1NCC(c2ccccc2)C1C(=O)N/N=C\C(Br)=C\c1ccccc1. The van der Waals surface area contributed by atoms with Crippen LogP contribution >= 0.6 is 15.9 Å². The van der Waals surface area contributed by atoms with Crippen LogP contribution in [0.2, 0.25) is 0 Å². The molecular weight excluding hydrogens is 394 g/mol. The van der Waals surface area contributed by atoms with Gasteiger partial charge in [0.15, 0.2) is 0 Å². The summed E-state index contributed by atoms with van der Waals surface area (Å²) < 4.78 is 0.708. The first kappa shape index (κ1) is 18.1. The Hall–Kier alpha value is -2.73. The van der Waals surface area contributed by atoms with Crippen LogP contribution in [0.15, 0.2) is 70.2 Å². The molecule has 1 aliphatic heterocycles. The van der Waals surface area contributed by atoms with Crippen LogP contribution in [-0.4, -0.2) is 24.6 Å². The van der Waals surface area contributed by atoms with E-state index in [1.807, 2.05) is 66.7 Å². The number of benzene rings is 2. The average Bonchev–Trinajstić information content (AvgIpc) is 3.05. The van der Waals surface area contributed by atoms with E-state index in [0.717, 1.165) is 11.1 Å². The summed E-state index contributed by atoms with van der Waals surface area (Å²) in [6.45, 7) is 0.447. The number of carbonyl (C=O) groups is 2. The lowest BCUT2D eigenvalue weighted by Crippen LogP contribution is -2.34. The van der Waals surface area contributed by atoms with E-state index in [2.05, 4.69) is 31.8 Å². The molecule has 2 aromatic carbocycles. The first-order valence-electron chi connectivity index (χ1n) is 8.23. The quantitative estimate of drug-likeness (QED) is 0.450. The molecule has 5 nitrogen and oxygen atoms in total. The number of hydrogen-bond acceptors (Lipinski definition) is 3. The zero-order valence-electron chi connectivity index (χ0n) is 13.9. The van der Waals surface area contributed by atoms with Crippen LogP contribution in [-0.2, 0) is 9.59 Å². The van der Waals surface area contributed by atoms with Crippen molar-refractivity contribution in [2.75, 3.05) is 6.54 Å². The van der Waals surface area contributed by atoms with Crippen LogP contribution in [0.3, 0.4) is 0 Å². The molecule has 2 N–H and O–H groups in total. The molecule has 0 spiro atoms. The Kier molecular flexibility index (Phi) is 5.96. The molecule has 0 aliphatic carbocycles. The Morgan fingerprint density at radius 2 is 1.77 bits per heavy atom. The second-order valence-electron chi connectivity index (χ2n) is 5.91. The van der Waals surface area contributed by atoms with Crippen LogP contribution < -0.4 is 10.7 Å². The molecule has 1 aliphatic rings. The van der Waals surface area contributed by atoms with E-state index in [9.17, 15) is 9.59 Å². The standard InChI is InChI=1S/C20H18BrN3O2/c21-16(11-14-7-3-1-4-8-14)12-23-24-20(26)18-17(13-22-19(18)25)15-9-5-2-6-10-15/h1-12,17-18H,13H2,(H,22,25)(H,24,26)/b16-11-,23-12-. The zero-order valence-corrected chi connectivity index (χ0v) is 15.5. The molecule has 1 saturated heterocycles. The predicted molar refractivity (Wildman–Crippen MR) is 106 cm³/mol. The number of carbonyl (C=O) groups excluding carboxylic acids is 2. The maximum Gasteiger partial charge on any atom is 0.253 e. The van der Waals surface area contributed by atoms with Gasteiger partial charge in [0.2, 0.25) is 5.91 Å². The third kappa shape index (κ3) is 4.46. The molecule has 0 aromatic heterocycles. The number of allylic oxidation sites excluding steroid dienone is 1.